The van der Waals surface area contributed by atoms with Crippen molar-refractivity contribution in [1.29, 1.82) is 5.26 Å². The van der Waals surface area contributed by atoms with Gasteiger partial charge in [0, 0.05) is 27.7 Å². The Morgan fingerprint density at radius 2 is 1.76 bits per heavy atom. The zero-order valence-electron chi connectivity index (χ0n) is 15.5. The summed E-state index contributed by atoms with van der Waals surface area (Å²) in [5.74, 6) is -1.09. The van der Waals surface area contributed by atoms with Gasteiger partial charge in [0.1, 0.15) is 0 Å². The Balaban J connectivity index is 2.13. The summed E-state index contributed by atoms with van der Waals surface area (Å²) in [4.78, 5) is 11.4. The van der Waals surface area contributed by atoms with Gasteiger partial charge in [-0.05, 0) is 61.9 Å². The molecule has 0 fully saturated rings. The summed E-state index contributed by atoms with van der Waals surface area (Å²) >= 11 is 18.2. The summed E-state index contributed by atoms with van der Waals surface area (Å²) in [6.07, 6.45) is 1.75. The molecule has 0 saturated carbocycles. The molecule has 0 saturated heterocycles. The lowest BCUT2D eigenvalue weighted by molar-refractivity contribution is 0.0697. The Morgan fingerprint density at radius 1 is 1.03 bits per heavy atom. The van der Waals surface area contributed by atoms with E-state index in [0.717, 1.165) is 17.0 Å². The lowest BCUT2D eigenvalue weighted by Crippen LogP contribution is -2.03. The molecule has 3 aromatic rings. The molecule has 0 aliphatic heterocycles. The van der Waals surface area contributed by atoms with Crippen LogP contribution in [-0.4, -0.2) is 15.6 Å². The second-order valence-corrected chi connectivity index (χ2v) is 7.68. The van der Waals surface area contributed by atoms with Crippen molar-refractivity contribution in [3.63, 3.8) is 0 Å². The number of hydrogen-bond donors (Lipinski definition) is 1. The predicted octanol–water partition coefficient (Wildman–Crippen LogP) is 6.82. The molecule has 146 valence electrons. The average molecular weight is 446 g/mol. The van der Waals surface area contributed by atoms with Crippen LogP contribution in [0.5, 0.6) is 0 Å². The molecule has 0 amide bonds. The fraction of sp³-hybridized carbons (Fsp3) is 0.0909. The van der Waals surface area contributed by atoms with Gasteiger partial charge >= 0.3 is 5.97 Å². The van der Waals surface area contributed by atoms with E-state index in [-0.39, 0.29) is 10.6 Å². The number of aromatic nitrogens is 1. The van der Waals surface area contributed by atoms with Crippen molar-refractivity contribution in [2.24, 2.45) is 0 Å². The number of hydrogen-bond acceptors (Lipinski definition) is 2. The van der Waals surface area contributed by atoms with E-state index in [1.807, 2.05) is 24.5 Å². The molecule has 1 heterocycles. The van der Waals surface area contributed by atoms with E-state index in [9.17, 15) is 15.2 Å². The largest absolute Gasteiger partial charge is 0.478 e. The van der Waals surface area contributed by atoms with Crippen molar-refractivity contribution >= 4 is 52.4 Å². The first-order chi connectivity index (χ1) is 13.7. The van der Waals surface area contributed by atoms with Crippen LogP contribution in [0, 0.1) is 25.2 Å². The van der Waals surface area contributed by atoms with Crippen LogP contribution in [0.25, 0.3) is 17.3 Å². The minimum Gasteiger partial charge on any atom is -0.478 e. The number of allylic oxidation sites excluding steroid dienone is 1. The number of aryl methyl sites for hydroxylation is 1. The Morgan fingerprint density at radius 3 is 2.38 bits per heavy atom. The summed E-state index contributed by atoms with van der Waals surface area (Å²) < 4.78 is 1.91. The molecular formula is C22H15Cl3N2O2. The molecular weight excluding hydrogens is 431 g/mol. The van der Waals surface area contributed by atoms with E-state index in [4.69, 9.17) is 34.8 Å². The summed E-state index contributed by atoms with van der Waals surface area (Å²) in [7, 11) is 0. The second-order valence-electron chi connectivity index (χ2n) is 6.43. The number of halogens is 3. The number of carboxylic acids is 1. The Labute approximate surface area is 183 Å². The SMILES string of the molecule is Cc1cc(/C=C(/C#N)c2ccc(Cl)cc2Cl)c(C)n1-c1ccc(Cl)c(C(=O)O)c1. The lowest BCUT2D eigenvalue weighted by Gasteiger charge is -2.11. The normalized spacial score (nSPS) is 11.4. The molecule has 7 heteroatoms. The number of benzene rings is 2. The number of carbonyl (C=O) groups is 1. The minimum atomic E-state index is -1.09. The average Bonchev–Trinajstić information content (AvgIpc) is 2.94. The van der Waals surface area contributed by atoms with Gasteiger partial charge in [0.15, 0.2) is 0 Å². The lowest BCUT2D eigenvalue weighted by atomic mass is 10.0. The van der Waals surface area contributed by atoms with Gasteiger partial charge in [-0.15, -0.1) is 0 Å². The first-order valence-corrected chi connectivity index (χ1v) is 9.65. The molecule has 0 unspecified atom stereocenters. The predicted molar refractivity (Wildman–Crippen MR) is 117 cm³/mol. The third kappa shape index (κ3) is 4.18. The van der Waals surface area contributed by atoms with Crippen LogP contribution in [-0.2, 0) is 0 Å². The fourth-order valence-corrected chi connectivity index (χ4v) is 3.89. The number of nitrogens with zero attached hydrogens (tertiary/aromatic N) is 2. The van der Waals surface area contributed by atoms with E-state index in [2.05, 4.69) is 6.07 Å². The van der Waals surface area contributed by atoms with Gasteiger partial charge in [0.2, 0.25) is 0 Å². The molecule has 0 radical (unpaired) electrons. The van der Waals surface area contributed by atoms with Gasteiger partial charge in [-0.1, -0.05) is 40.9 Å². The van der Waals surface area contributed by atoms with Gasteiger partial charge in [0.05, 0.1) is 27.3 Å². The summed E-state index contributed by atoms with van der Waals surface area (Å²) in [6.45, 7) is 3.80. The van der Waals surface area contributed by atoms with Crippen LogP contribution in [0.1, 0.15) is 32.9 Å². The smallest absolute Gasteiger partial charge is 0.337 e. The second kappa shape index (κ2) is 8.34. The van der Waals surface area contributed by atoms with Crippen LogP contribution in [0.3, 0.4) is 0 Å². The molecule has 2 aromatic carbocycles. The van der Waals surface area contributed by atoms with Crippen molar-refractivity contribution in [3.05, 3.63) is 85.6 Å². The number of nitriles is 1. The van der Waals surface area contributed by atoms with Gasteiger partial charge in [-0.2, -0.15) is 5.26 Å². The summed E-state index contributed by atoms with van der Waals surface area (Å²) in [6, 6.07) is 13.9. The number of aromatic carboxylic acids is 1. The van der Waals surface area contributed by atoms with E-state index in [1.165, 1.54) is 6.07 Å². The molecule has 3 rings (SSSR count). The zero-order chi connectivity index (χ0) is 21.3. The van der Waals surface area contributed by atoms with Crippen molar-refractivity contribution in [2.45, 2.75) is 13.8 Å². The van der Waals surface area contributed by atoms with Gasteiger partial charge in [-0.25, -0.2) is 4.79 Å². The maximum absolute atomic E-state index is 11.4. The third-order valence-electron chi connectivity index (χ3n) is 4.55. The standard InChI is InChI=1S/C22H15Cl3N2O2/c1-12-7-14(8-15(11-26)18-5-3-16(23)9-21(18)25)13(2)27(12)17-4-6-20(24)19(10-17)22(28)29/h3-10H,1-2H3,(H,28,29)/b15-8-. The first-order valence-electron chi connectivity index (χ1n) is 8.52. The van der Waals surface area contributed by atoms with E-state index in [0.29, 0.717) is 26.9 Å². The molecule has 4 nitrogen and oxygen atoms in total. The van der Waals surface area contributed by atoms with Crippen molar-refractivity contribution in [1.82, 2.24) is 4.57 Å². The fourth-order valence-electron chi connectivity index (χ4n) is 3.18. The van der Waals surface area contributed by atoms with Crippen LogP contribution >= 0.6 is 34.8 Å². The molecule has 29 heavy (non-hydrogen) atoms. The van der Waals surface area contributed by atoms with Crippen LogP contribution in [0.4, 0.5) is 0 Å². The van der Waals surface area contributed by atoms with Gasteiger partial charge in [0.25, 0.3) is 0 Å². The van der Waals surface area contributed by atoms with Crippen LogP contribution in [0.2, 0.25) is 15.1 Å². The molecule has 1 N–H and O–H groups in total. The van der Waals surface area contributed by atoms with E-state index < -0.39 is 5.97 Å². The highest BCUT2D eigenvalue weighted by Crippen LogP contribution is 2.31. The third-order valence-corrected chi connectivity index (χ3v) is 5.43. The molecule has 1 aromatic heterocycles. The van der Waals surface area contributed by atoms with E-state index >= 15 is 0 Å². The topological polar surface area (TPSA) is 66.0 Å². The maximum Gasteiger partial charge on any atom is 0.337 e. The van der Waals surface area contributed by atoms with E-state index in [1.54, 1.807) is 36.4 Å². The van der Waals surface area contributed by atoms with Gasteiger partial charge < -0.3 is 9.67 Å². The van der Waals surface area contributed by atoms with Gasteiger partial charge in [-0.3, -0.25) is 0 Å². The highest BCUT2D eigenvalue weighted by Gasteiger charge is 2.15. The maximum atomic E-state index is 11.4. The summed E-state index contributed by atoms with van der Waals surface area (Å²) in [5.41, 5.74) is 4.23. The Hall–Kier alpha value is -2.71. The Bertz CT molecular complexity index is 1200. The van der Waals surface area contributed by atoms with Crippen LogP contribution < -0.4 is 0 Å². The van der Waals surface area contributed by atoms with Crippen molar-refractivity contribution in [2.75, 3.05) is 0 Å². The van der Waals surface area contributed by atoms with Crippen molar-refractivity contribution < 1.29 is 9.90 Å². The molecule has 0 aliphatic carbocycles. The number of rotatable bonds is 4. The quantitative estimate of drug-likeness (QED) is 0.448. The van der Waals surface area contributed by atoms with Crippen LogP contribution in [0.15, 0.2) is 42.5 Å². The first kappa shape index (κ1) is 21.0. The number of carboxylic acid groups (broad SMARTS) is 1. The zero-order valence-corrected chi connectivity index (χ0v) is 17.8. The highest BCUT2D eigenvalue weighted by atomic mass is 35.5. The highest BCUT2D eigenvalue weighted by molar-refractivity contribution is 6.36. The molecule has 0 bridgehead atoms. The van der Waals surface area contributed by atoms with Crippen molar-refractivity contribution in [3.8, 4) is 11.8 Å². The molecule has 0 spiro atoms. The monoisotopic (exact) mass is 444 g/mol. The summed E-state index contributed by atoms with van der Waals surface area (Å²) in [5, 5.41) is 20.0. The molecule has 0 atom stereocenters. The molecule has 0 aliphatic rings. The minimum absolute atomic E-state index is 0.0272. The Kier molecular flexibility index (Phi) is 6.04.